The first-order chi connectivity index (χ1) is 11.8. The molecule has 2 aliphatic rings. The number of esters is 1. The van der Waals surface area contributed by atoms with Gasteiger partial charge in [-0.05, 0) is 47.3 Å². The Hall–Kier alpha value is -0.950. The number of hydrogen-bond donors (Lipinski definition) is 0. The smallest absolute Gasteiger partial charge is 0.434 e. The number of hydrogen-bond acceptors (Lipinski definition) is 2. The van der Waals surface area contributed by atoms with E-state index < -0.39 is 30.3 Å². The Morgan fingerprint density at radius 3 is 1.63 bits per heavy atom. The molecule has 5 atom stereocenters. The van der Waals surface area contributed by atoms with Gasteiger partial charge in [-0.1, -0.05) is 41.5 Å². The minimum absolute atomic E-state index is 0.0315. The Kier molecular flexibility index (Phi) is 5.42. The molecule has 0 amide bonds. The minimum atomic E-state index is -5.68. The second-order valence-corrected chi connectivity index (χ2v) is 10.2. The molecule has 0 saturated heterocycles. The molecule has 0 aliphatic heterocycles. The molecule has 0 aromatic carbocycles. The maximum atomic E-state index is 12.7. The number of fused-ring (bicyclic) bond motifs is 2. The monoisotopic (exact) mass is 402 g/mol. The molecule has 5 unspecified atom stereocenters. The van der Waals surface area contributed by atoms with E-state index in [0.717, 1.165) is 0 Å². The number of alkyl halides is 6. The SMILES string of the molecule is CC(C)(C)C1C2CC(C(=O)OC(C(F)(F)F)C(F)(F)F)C(C2)C1C(C)(C)C. The molecule has 2 rings (SSSR count). The first kappa shape index (κ1) is 22.3. The summed E-state index contributed by atoms with van der Waals surface area (Å²) in [7, 11) is 0. The van der Waals surface area contributed by atoms with E-state index >= 15 is 0 Å². The van der Waals surface area contributed by atoms with Gasteiger partial charge in [0, 0.05) is 0 Å². The van der Waals surface area contributed by atoms with Crippen LogP contribution in [0.1, 0.15) is 54.4 Å². The highest BCUT2D eigenvalue weighted by molar-refractivity contribution is 5.74. The largest absolute Gasteiger partial charge is 0.443 e. The third-order valence-electron chi connectivity index (χ3n) is 6.14. The summed E-state index contributed by atoms with van der Waals surface area (Å²) >= 11 is 0. The average molecular weight is 402 g/mol. The van der Waals surface area contributed by atoms with Crippen LogP contribution in [0.15, 0.2) is 0 Å². The summed E-state index contributed by atoms with van der Waals surface area (Å²) in [5.74, 6) is -2.15. The van der Waals surface area contributed by atoms with Gasteiger partial charge in [-0.15, -0.1) is 0 Å². The highest BCUT2D eigenvalue weighted by Gasteiger charge is 2.63. The zero-order valence-corrected chi connectivity index (χ0v) is 16.5. The van der Waals surface area contributed by atoms with Crippen molar-refractivity contribution in [2.75, 3.05) is 0 Å². The third kappa shape index (κ3) is 4.39. The molecular formula is C19H28F6O2. The molecule has 0 radical (unpaired) electrons. The molecule has 158 valence electrons. The van der Waals surface area contributed by atoms with Gasteiger partial charge in [0.2, 0.25) is 0 Å². The highest BCUT2D eigenvalue weighted by Crippen LogP contribution is 2.64. The molecule has 2 nitrogen and oxygen atoms in total. The highest BCUT2D eigenvalue weighted by atomic mass is 19.4. The van der Waals surface area contributed by atoms with E-state index in [2.05, 4.69) is 25.5 Å². The second-order valence-electron chi connectivity index (χ2n) is 10.2. The zero-order chi connectivity index (χ0) is 21.2. The molecular weight excluding hydrogens is 374 g/mol. The molecule has 0 N–H and O–H groups in total. The van der Waals surface area contributed by atoms with Crippen LogP contribution in [0.4, 0.5) is 26.3 Å². The minimum Gasteiger partial charge on any atom is -0.443 e. The Bertz CT molecular complexity index is 553. The van der Waals surface area contributed by atoms with Gasteiger partial charge in [-0.25, -0.2) is 0 Å². The van der Waals surface area contributed by atoms with Crippen LogP contribution in [-0.2, 0) is 9.53 Å². The number of halogens is 6. The number of carbonyl (C=O) groups excluding carboxylic acids is 1. The van der Waals surface area contributed by atoms with E-state index in [-0.39, 0.29) is 34.5 Å². The van der Waals surface area contributed by atoms with Gasteiger partial charge < -0.3 is 4.74 Å². The fourth-order valence-corrected chi connectivity index (χ4v) is 5.58. The van der Waals surface area contributed by atoms with E-state index in [0.29, 0.717) is 12.8 Å². The fraction of sp³-hybridized carbons (Fsp3) is 0.947. The quantitative estimate of drug-likeness (QED) is 0.418. The summed E-state index contributed by atoms with van der Waals surface area (Å²) in [5.41, 5.74) is -0.281. The lowest BCUT2D eigenvalue weighted by Gasteiger charge is -2.48. The van der Waals surface area contributed by atoms with Crippen molar-refractivity contribution in [2.45, 2.75) is 72.8 Å². The van der Waals surface area contributed by atoms with Crippen molar-refractivity contribution in [3.63, 3.8) is 0 Å². The summed E-state index contributed by atoms with van der Waals surface area (Å²) < 4.78 is 80.4. The average Bonchev–Trinajstić information content (AvgIpc) is 2.97. The standard InChI is InChI=1S/C19H28F6O2/c1-16(2,3)12-9-7-10(13(12)17(4,5)6)11(8-9)14(26)27-15(18(20,21)22)19(23,24)25/h9-13,15H,7-8H2,1-6H3. The molecule has 27 heavy (non-hydrogen) atoms. The van der Waals surface area contributed by atoms with Crippen LogP contribution in [0, 0.1) is 40.4 Å². The van der Waals surface area contributed by atoms with Crippen LogP contribution < -0.4 is 0 Å². The van der Waals surface area contributed by atoms with Gasteiger partial charge in [-0.2, -0.15) is 26.3 Å². The first-order valence-electron chi connectivity index (χ1n) is 9.19. The molecule has 0 spiro atoms. The van der Waals surface area contributed by atoms with Gasteiger partial charge in [0.15, 0.2) is 0 Å². The predicted molar refractivity (Wildman–Crippen MR) is 87.6 cm³/mol. The van der Waals surface area contributed by atoms with Crippen LogP contribution in [-0.4, -0.2) is 24.4 Å². The van der Waals surface area contributed by atoms with Crippen LogP contribution in [0.25, 0.3) is 0 Å². The van der Waals surface area contributed by atoms with Gasteiger partial charge >= 0.3 is 18.3 Å². The van der Waals surface area contributed by atoms with E-state index in [9.17, 15) is 31.1 Å². The maximum absolute atomic E-state index is 12.7. The van der Waals surface area contributed by atoms with Gasteiger partial charge in [0.1, 0.15) is 0 Å². The Labute approximate surface area is 156 Å². The van der Waals surface area contributed by atoms with E-state index in [1.54, 1.807) is 0 Å². The van der Waals surface area contributed by atoms with E-state index in [1.165, 1.54) is 0 Å². The number of ether oxygens (including phenoxy) is 1. The van der Waals surface area contributed by atoms with Crippen molar-refractivity contribution in [1.82, 2.24) is 0 Å². The molecule has 0 aromatic heterocycles. The van der Waals surface area contributed by atoms with Crippen LogP contribution >= 0.6 is 0 Å². The molecule has 8 heteroatoms. The molecule has 0 aromatic rings. The summed E-state index contributed by atoms with van der Waals surface area (Å²) in [4.78, 5) is 12.3. The van der Waals surface area contributed by atoms with Crippen LogP contribution in [0.2, 0.25) is 0 Å². The van der Waals surface area contributed by atoms with Crippen LogP contribution in [0.5, 0.6) is 0 Å². The molecule has 2 saturated carbocycles. The first-order valence-corrected chi connectivity index (χ1v) is 9.19. The summed E-state index contributed by atoms with van der Waals surface area (Å²) in [6.07, 6.45) is -14.5. The van der Waals surface area contributed by atoms with Crippen LogP contribution in [0.3, 0.4) is 0 Å². The maximum Gasteiger partial charge on any atom is 0.434 e. The topological polar surface area (TPSA) is 26.3 Å². The molecule has 2 fully saturated rings. The molecule has 0 heterocycles. The molecule has 2 bridgehead atoms. The number of rotatable bonds is 2. The fourth-order valence-electron chi connectivity index (χ4n) is 5.58. The normalized spacial score (nSPS) is 32.3. The Morgan fingerprint density at radius 1 is 0.815 bits per heavy atom. The van der Waals surface area contributed by atoms with Crippen molar-refractivity contribution in [1.29, 1.82) is 0 Å². The van der Waals surface area contributed by atoms with E-state index in [4.69, 9.17) is 0 Å². The Balaban J connectivity index is 2.26. The Morgan fingerprint density at radius 2 is 1.26 bits per heavy atom. The van der Waals surface area contributed by atoms with Crippen molar-refractivity contribution in [3.05, 3.63) is 0 Å². The number of carbonyl (C=O) groups is 1. The second kappa shape index (κ2) is 6.55. The van der Waals surface area contributed by atoms with Gasteiger partial charge in [0.25, 0.3) is 6.10 Å². The van der Waals surface area contributed by atoms with Crippen molar-refractivity contribution in [3.8, 4) is 0 Å². The third-order valence-corrected chi connectivity index (χ3v) is 6.14. The van der Waals surface area contributed by atoms with Crippen molar-refractivity contribution in [2.24, 2.45) is 40.4 Å². The van der Waals surface area contributed by atoms with E-state index in [1.807, 2.05) is 20.8 Å². The van der Waals surface area contributed by atoms with Gasteiger partial charge in [0.05, 0.1) is 5.92 Å². The zero-order valence-electron chi connectivity index (χ0n) is 16.5. The lowest BCUT2D eigenvalue weighted by Crippen LogP contribution is -2.49. The lowest BCUT2D eigenvalue weighted by atomic mass is 9.57. The predicted octanol–water partition coefficient (Wildman–Crippen LogP) is 6.00. The van der Waals surface area contributed by atoms with Crippen molar-refractivity contribution < 1.29 is 35.9 Å². The van der Waals surface area contributed by atoms with Gasteiger partial charge in [-0.3, -0.25) is 4.79 Å². The summed E-state index contributed by atoms with van der Waals surface area (Å²) in [6, 6.07) is 0. The molecule has 2 aliphatic carbocycles. The summed E-state index contributed by atoms with van der Waals surface area (Å²) in [5, 5.41) is 0. The lowest BCUT2D eigenvalue weighted by molar-refractivity contribution is -0.315. The summed E-state index contributed by atoms with van der Waals surface area (Å²) in [6.45, 7) is 12.3. The van der Waals surface area contributed by atoms with Crippen molar-refractivity contribution >= 4 is 5.97 Å².